The van der Waals surface area contributed by atoms with Crippen LogP contribution in [0.4, 0.5) is 0 Å². The Morgan fingerprint density at radius 2 is 1.96 bits per heavy atom. The van der Waals surface area contributed by atoms with E-state index in [4.69, 9.17) is 14.2 Å². The molecular weight excluding hydrogens is 302 g/mol. The minimum absolute atomic E-state index is 0.119. The van der Waals surface area contributed by atoms with Gasteiger partial charge < -0.3 is 14.2 Å². The van der Waals surface area contributed by atoms with Crippen LogP contribution in [0.2, 0.25) is 0 Å². The molecule has 1 atom stereocenters. The fraction of sp³-hybridized carbons (Fsp3) is 0.700. The molecule has 0 amide bonds. The predicted octanol–water partition coefficient (Wildman–Crippen LogP) is 3.49. The third-order valence-corrected chi connectivity index (χ3v) is 5.68. The van der Waals surface area contributed by atoms with Crippen molar-refractivity contribution in [2.45, 2.75) is 44.8 Å². The number of piperidine rings is 1. The van der Waals surface area contributed by atoms with Crippen molar-refractivity contribution in [3.8, 4) is 5.75 Å². The zero-order valence-corrected chi connectivity index (χ0v) is 15.1. The van der Waals surface area contributed by atoms with Crippen molar-refractivity contribution in [3.63, 3.8) is 0 Å². The maximum atomic E-state index is 6.25. The summed E-state index contributed by atoms with van der Waals surface area (Å²) in [5, 5.41) is 0. The number of likely N-dealkylation sites (tertiary alicyclic amines) is 1. The summed E-state index contributed by atoms with van der Waals surface area (Å²) in [6.45, 7) is 7.95. The second kappa shape index (κ2) is 8.32. The molecule has 1 aromatic rings. The van der Waals surface area contributed by atoms with Gasteiger partial charge in [-0.15, -0.1) is 0 Å². The molecule has 2 heterocycles. The first kappa shape index (κ1) is 17.7. The summed E-state index contributed by atoms with van der Waals surface area (Å²) in [5.41, 5.74) is 1.47. The number of hydrogen-bond acceptors (Lipinski definition) is 4. The Morgan fingerprint density at radius 3 is 2.62 bits per heavy atom. The molecule has 4 heteroatoms. The number of methoxy groups -OCH3 is 1. The summed E-state index contributed by atoms with van der Waals surface area (Å²) in [5.74, 6) is 1.60. The maximum Gasteiger partial charge on any atom is 0.118 e. The van der Waals surface area contributed by atoms with Crippen LogP contribution in [0.25, 0.3) is 0 Å². The number of hydrogen-bond donors (Lipinski definition) is 0. The van der Waals surface area contributed by atoms with E-state index in [1.54, 1.807) is 7.11 Å². The van der Waals surface area contributed by atoms with Gasteiger partial charge in [-0.25, -0.2) is 0 Å². The molecular formula is C20H31NO3. The van der Waals surface area contributed by atoms with E-state index in [1.807, 2.05) is 12.1 Å². The van der Waals surface area contributed by atoms with E-state index in [-0.39, 0.29) is 5.60 Å². The number of ether oxygens (including phenoxy) is 3. The van der Waals surface area contributed by atoms with E-state index in [2.05, 4.69) is 24.0 Å². The van der Waals surface area contributed by atoms with Crippen molar-refractivity contribution in [3.05, 3.63) is 29.8 Å². The van der Waals surface area contributed by atoms with Crippen LogP contribution in [0.5, 0.6) is 5.75 Å². The largest absolute Gasteiger partial charge is 0.497 e. The topological polar surface area (TPSA) is 30.9 Å². The van der Waals surface area contributed by atoms with Gasteiger partial charge in [0, 0.05) is 39.5 Å². The maximum absolute atomic E-state index is 6.25. The molecule has 0 aliphatic carbocycles. The van der Waals surface area contributed by atoms with Crippen molar-refractivity contribution in [2.75, 3.05) is 40.0 Å². The summed E-state index contributed by atoms with van der Waals surface area (Å²) >= 11 is 0. The first-order chi connectivity index (χ1) is 11.8. The van der Waals surface area contributed by atoms with Crippen LogP contribution in [-0.2, 0) is 16.0 Å². The van der Waals surface area contributed by atoms with Crippen molar-refractivity contribution in [1.29, 1.82) is 0 Å². The average Bonchev–Trinajstić information content (AvgIpc) is 3.00. The van der Waals surface area contributed by atoms with Crippen molar-refractivity contribution in [2.24, 2.45) is 5.92 Å². The van der Waals surface area contributed by atoms with Crippen LogP contribution in [0.15, 0.2) is 24.3 Å². The van der Waals surface area contributed by atoms with Crippen LogP contribution in [0.1, 0.15) is 38.2 Å². The van der Waals surface area contributed by atoms with Gasteiger partial charge in [0.1, 0.15) is 5.75 Å². The van der Waals surface area contributed by atoms with Gasteiger partial charge in [-0.2, -0.15) is 0 Å². The fourth-order valence-electron chi connectivity index (χ4n) is 4.19. The quantitative estimate of drug-likeness (QED) is 0.715. The standard InChI is InChI=1S/C20H31NO3/c1-3-23-14-8-18-9-15-24-20(18)10-12-21(13-11-20)16-17-4-6-19(22-2)7-5-17/h4-7,18H,3,8-16H2,1-2H3. The molecule has 0 aromatic heterocycles. The van der Waals surface area contributed by atoms with Crippen LogP contribution in [0, 0.1) is 5.92 Å². The monoisotopic (exact) mass is 333 g/mol. The second-order valence-corrected chi connectivity index (χ2v) is 7.01. The Bertz CT molecular complexity index is 494. The lowest BCUT2D eigenvalue weighted by Crippen LogP contribution is -2.47. The van der Waals surface area contributed by atoms with Crippen LogP contribution < -0.4 is 4.74 Å². The Labute approximate surface area is 146 Å². The predicted molar refractivity (Wildman–Crippen MR) is 95.4 cm³/mol. The molecule has 24 heavy (non-hydrogen) atoms. The molecule has 134 valence electrons. The summed E-state index contributed by atoms with van der Waals surface area (Å²) in [7, 11) is 1.71. The normalized spacial score (nSPS) is 23.7. The van der Waals surface area contributed by atoms with Gasteiger partial charge in [0.25, 0.3) is 0 Å². The molecule has 1 spiro atoms. The van der Waals surface area contributed by atoms with Crippen LogP contribution in [-0.4, -0.2) is 50.5 Å². The molecule has 2 aliphatic rings. The minimum Gasteiger partial charge on any atom is -0.497 e. The highest BCUT2D eigenvalue weighted by atomic mass is 16.5. The summed E-state index contributed by atoms with van der Waals surface area (Å²) < 4.78 is 17.1. The van der Waals surface area contributed by atoms with E-state index in [0.29, 0.717) is 5.92 Å². The molecule has 2 aliphatic heterocycles. The van der Waals surface area contributed by atoms with Crippen molar-refractivity contribution < 1.29 is 14.2 Å². The smallest absolute Gasteiger partial charge is 0.118 e. The second-order valence-electron chi connectivity index (χ2n) is 7.01. The Kier molecular flexibility index (Phi) is 6.14. The Morgan fingerprint density at radius 1 is 1.21 bits per heavy atom. The van der Waals surface area contributed by atoms with E-state index in [1.165, 1.54) is 12.0 Å². The highest BCUT2D eigenvalue weighted by Crippen LogP contribution is 2.42. The molecule has 0 bridgehead atoms. The molecule has 3 rings (SSSR count). The van der Waals surface area contributed by atoms with E-state index < -0.39 is 0 Å². The molecule has 0 radical (unpaired) electrons. The van der Waals surface area contributed by atoms with Gasteiger partial charge in [-0.3, -0.25) is 4.90 Å². The zero-order chi connectivity index (χ0) is 16.8. The average molecular weight is 333 g/mol. The van der Waals surface area contributed by atoms with Crippen LogP contribution in [0.3, 0.4) is 0 Å². The lowest BCUT2D eigenvalue weighted by Gasteiger charge is -2.42. The first-order valence-electron chi connectivity index (χ1n) is 9.33. The summed E-state index contributed by atoms with van der Waals surface area (Å²) in [4.78, 5) is 2.55. The zero-order valence-electron chi connectivity index (χ0n) is 15.1. The molecule has 2 fully saturated rings. The third-order valence-electron chi connectivity index (χ3n) is 5.68. The van der Waals surface area contributed by atoms with Crippen molar-refractivity contribution >= 4 is 0 Å². The molecule has 0 saturated carbocycles. The number of benzene rings is 1. The number of nitrogens with zero attached hydrogens (tertiary/aromatic N) is 1. The fourth-order valence-corrected chi connectivity index (χ4v) is 4.19. The molecule has 1 aromatic carbocycles. The highest BCUT2D eigenvalue weighted by Gasteiger charge is 2.45. The van der Waals surface area contributed by atoms with Gasteiger partial charge in [0.15, 0.2) is 0 Å². The van der Waals surface area contributed by atoms with Gasteiger partial charge in [0.2, 0.25) is 0 Å². The summed E-state index contributed by atoms with van der Waals surface area (Å²) in [6, 6.07) is 8.43. The Balaban J connectivity index is 1.50. The molecule has 2 saturated heterocycles. The first-order valence-corrected chi connectivity index (χ1v) is 9.33. The summed E-state index contributed by atoms with van der Waals surface area (Å²) in [6.07, 6.45) is 4.65. The van der Waals surface area contributed by atoms with Gasteiger partial charge in [0.05, 0.1) is 12.7 Å². The number of rotatable bonds is 7. The van der Waals surface area contributed by atoms with Gasteiger partial charge in [-0.05, 0) is 56.2 Å². The van der Waals surface area contributed by atoms with Crippen molar-refractivity contribution in [1.82, 2.24) is 4.90 Å². The third kappa shape index (κ3) is 4.11. The SMILES string of the molecule is CCOCCC1CCOC12CCN(Cc1ccc(OC)cc1)CC2. The van der Waals surface area contributed by atoms with Gasteiger partial charge >= 0.3 is 0 Å². The van der Waals surface area contributed by atoms with Crippen LogP contribution >= 0.6 is 0 Å². The van der Waals surface area contributed by atoms with E-state index >= 15 is 0 Å². The lowest BCUT2D eigenvalue weighted by molar-refractivity contribution is -0.0728. The van der Waals surface area contributed by atoms with E-state index in [0.717, 1.165) is 64.5 Å². The molecule has 1 unspecified atom stereocenters. The molecule has 0 N–H and O–H groups in total. The lowest BCUT2D eigenvalue weighted by atomic mass is 9.78. The Hall–Kier alpha value is -1.10. The van der Waals surface area contributed by atoms with Gasteiger partial charge in [-0.1, -0.05) is 12.1 Å². The minimum atomic E-state index is 0.119. The highest BCUT2D eigenvalue weighted by molar-refractivity contribution is 5.27. The molecule has 4 nitrogen and oxygen atoms in total. The van der Waals surface area contributed by atoms with E-state index in [9.17, 15) is 0 Å².